The zero-order chi connectivity index (χ0) is 14.0. The number of aryl methyl sites for hydroxylation is 1. The molecular weight excluding hydrogens is 264 g/mol. The minimum Gasteiger partial charge on any atom is -0.352 e. The topological polar surface area (TPSA) is 71.6 Å². The molecule has 6 nitrogen and oxygen atoms in total. The molecule has 7 heteroatoms. The maximum absolute atomic E-state index is 12.6. The summed E-state index contributed by atoms with van der Waals surface area (Å²) in [7, 11) is 0.446. The van der Waals surface area contributed by atoms with Crippen LogP contribution in [0, 0.1) is 0 Å². The first kappa shape index (κ1) is 14.5. The second-order valence-corrected chi connectivity index (χ2v) is 6.98. The first-order valence-corrected chi connectivity index (χ1v) is 7.93. The third-order valence-electron chi connectivity index (χ3n) is 3.61. The highest BCUT2D eigenvalue weighted by Crippen LogP contribution is 2.19. The van der Waals surface area contributed by atoms with Gasteiger partial charge in [-0.1, -0.05) is 0 Å². The van der Waals surface area contributed by atoms with E-state index in [1.807, 2.05) is 14.1 Å². The molecule has 1 aliphatic heterocycles. The lowest BCUT2D eigenvalue weighted by Gasteiger charge is -2.19. The molecule has 1 fully saturated rings. The number of aromatic nitrogens is 1. The molecule has 0 radical (unpaired) electrons. The van der Waals surface area contributed by atoms with Crippen molar-refractivity contribution in [3.05, 3.63) is 18.0 Å². The molecule has 1 aliphatic rings. The molecule has 0 atom stereocenters. The summed E-state index contributed by atoms with van der Waals surface area (Å²) >= 11 is 0. The van der Waals surface area contributed by atoms with Crippen molar-refractivity contribution in [2.24, 2.45) is 12.8 Å². The zero-order valence-electron chi connectivity index (χ0n) is 11.5. The maximum atomic E-state index is 12.6. The minimum absolute atomic E-state index is 0.342. The zero-order valence-corrected chi connectivity index (χ0v) is 12.4. The average molecular weight is 286 g/mol. The van der Waals surface area contributed by atoms with Crippen molar-refractivity contribution in [2.75, 3.05) is 33.2 Å². The number of nitrogens with zero attached hydrogens (tertiary/aromatic N) is 3. The number of nitrogens with two attached hydrogens (primary N) is 1. The molecular formula is C12H22N4O2S. The van der Waals surface area contributed by atoms with E-state index < -0.39 is 10.0 Å². The number of rotatable bonds is 3. The Morgan fingerprint density at radius 2 is 1.95 bits per heavy atom. The van der Waals surface area contributed by atoms with E-state index >= 15 is 0 Å². The Balaban J connectivity index is 2.25. The quantitative estimate of drug-likeness (QED) is 0.836. The Kier molecular flexibility index (Phi) is 4.29. The second kappa shape index (κ2) is 5.62. The van der Waals surface area contributed by atoms with Crippen LogP contribution in [0.5, 0.6) is 0 Å². The van der Waals surface area contributed by atoms with Gasteiger partial charge in [0, 0.05) is 45.1 Å². The monoisotopic (exact) mass is 286 g/mol. The summed E-state index contributed by atoms with van der Waals surface area (Å²) in [6.07, 6.45) is 2.51. The van der Waals surface area contributed by atoms with Crippen LogP contribution in [0.3, 0.4) is 0 Å². The van der Waals surface area contributed by atoms with E-state index in [9.17, 15) is 8.42 Å². The Morgan fingerprint density at radius 1 is 1.21 bits per heavy atom. The molecule has 1 aromatic rings. The predicted octanol–water partition coefficient (Wildman–Crippen LogP) is -0.190. The molecule has 19 heavy (non-hydrogen) atoms. The van der Waals surface area contributed by atoms with Crippen LogP contribution in [0.2, 0.25) is 0 Å². The van der Waals surface area contributed by atoms with E-state index in [1.54, 1.807) is 21.1 Å². The van der Waals surface area contributed by atoms with E-state index in [1.165, 1.54) is 0 Å². The van der Waals surface area contributed by atoms with Gasteiger partial charge in [-0.3, -0.25) is 0 Å². The molecule has 108 valence electrons. The fraction of sp³-hybridized carbons (Fsp3) is 0.667. The van der Waals surface area contributed by atoms with Crippen molar-refractivity contribution < 1.29 is 8.42 Å². The van der Waals surface area contributed by atoms with Crippen LogP contribution in [0.1, 0.15) is 12.1 Å². The van der Waals surface area contributed by atoms with Gasteiger partial charge in [0.1, 0.15) is 4.90 Å². The molecule has 0 amide bonds. The summed E-state index contributed by atoms with van der Waals surface area (Å²) in [5.41, 5.74) is 6.42. The molecule has 1 saturated heterocycles. The van der Waals surface area contributed by atoms with Gasteiger partial charge in [-0.2, -0.15) is 4.31 Å². The molecule has 0 aliphatic carbocycles. The van der Waals surface area contributed by atoms with Gasteiger partial charge in [-0.05, 0) is 26.1 Å². The van der Waals surface area contributed by atoms with Crippen LogP contribution in [0.15, 0.2) is 17.2 Å². The van der Waals surface area contributed by atoms with Gasteiger partial charge in [-0.15, -0.1) is 0 Å². The number of sulfonamides is 1. The largest absolute Gasteiger partial charge is 0.352 e. The first-order valence-electron chi connectivity index (χ1n) is 6.49. The van der Waals surface area contributed by atoms with E-state index in [4.69, 9.17) is 5.73 Å². The van der Waals surface area contributed by atoms with Gasteiger partial charge in [0.2, 0.25) is 10.0 Å². The van der Waals surface area contributed by atoms with Crippen LogP contribution in [-0.2, 0) is 23.6 Å². The highest BCUT2D eigenvalue weighted by Gasteiger charge is 2.27. The normalized spacial score (nSPS) is 19.5. The standard InChI is InChI=1S/C12H22N4O2S/c1-14-4-3-5-16(7-6-14)19(17,18)12-8-11(9-13)15(2)10-12/h8,10H,3-7,9,13H2,1-2H3. The molecule has 0 bridgehead atoms. The van der Waals surface area contributed by atoms with Crippen LogP contribution in [-0.4, -0.2) is 55.4 Å². The van der Waals surface area contributed by atoms with Gasteiger partial charge in [0.25, 0.3) is 0 Å². The van der Waals surface area contributed by atoms with E-state index in [0.717, 1.165) is 25.2 Å². The van der Waals surface area contributed by atoms with Gasteiger partial charge in [0.05, 0.1) is 0 Å². The number of hydrogen-bond donors (Lipinski definition) is 1. The summed E-state index contributed by atoms with van der Waals surface area (Å²) in [6, 6.07) is 1.67. The van der Waals surface area contributed by atoms with Crippen molar-refractivity contribution >= 4 is 10.0 Å². The van der Waals surface area contributed by atoms with Crippen LogP contribution < -0.4 is 5.73 Å². The molecule has 0 saturated carbocycles. The lowest BCUT2D eigenvalue weighted by atomic mass is 10.4. The summed E-state index contributed by atoms with van der Waals surface area (Å²) in [5, 5.41) is 0. The third-order valence-corrected chi connectivity index (χ3v) is 5.47. The molecule has 1 aromatic heterocycles. The van der Waals surface area contributed by atoms with Gasteiger partial charge < -0.3 is 15.2 Å². The molecule has 2 rings (SSSR count). The minimum atomic E-state index is -3.39. The highest BCUT2D eigenvalue weighted by molar-refractivity contribution is 7.89. The Morgan fingerprint density at radius 3 is 2.58 bits per heavy atom. The summed E-state index contributed by atoms with van der Waals surface area (Å²) in [4.78, 5) is 2.51. The van der Waals surface area contributed by atoms with Crippen LogP contribution in [0.25, 0.3) is 0 Å². The second-order valence-electron chi connectivity index (χ2n) is 5.04. The van der Waals surface area contributed by atoms with Crippen molar-refractivity contribution in [2.45, 2.75) is 17.9 Å². The lowest BCUT2D eigenvalue weighted by Crippen LogP contribution is -2.34. The third kappa shape index (κ3) is 3.00. The van der Waals surface area contributed by atoms with Gasteiger partial charge in [0.15, 0.2) is 0 Å². The molecule has 0 spiro atoms. The molecule has 2 N–H and O–H groups in total. The average Bonchev–Trinajstić information content (AvgIpc) is 2.60. The number of likely N-dealkylation sites (N-methyl/N-ethyl adjacent to an activating group) is 1. The Bertz CT molecular complexity index is 538. The Hall–Kier alpha value is -0.890. The molecule has 0 aromatic carbocycles. The van der Waals surface area contributed by atoms with Crippen LogP contribution in [0.4, 0.5) is 0 Å². The van der Waals surface area contributed by atoms with Gasteiger partial charge >= 0.3 is 0 Å². The summed E-state index contributed by atoms with van der Waals surface area (Å²) in [5.74, 6) is 0. The van der Waals surface area contributed by atoms with Crippen molar-refractivity contribution in [3.8, 4) is 0 Å². The first-order chi connectivity index (χ1) is 8.95. The highest BCUT2D eigenvalue weighted by atomic mass is 32.2. The summed E-state index contributed by atoms with van der Waals surface area (Å²) < 4.78 is 28.5. The van der Waals surface area contributed by atoms with E-state index in [0.29, 0.717) is 24.5 Å². The number of hydrogen-bond acceptors (Lipinski definition) is 4. The molecule has 0 unspecified atom stereocenters. The summed E-state index contributed by atoms with van der Waals surface area (Å²) in [6.45, 7) is 3.19. The fourth-order valence-corrected chi connectivity index (χ4v) is 3.90. The Labute approximate surface area is 114 Å². The van der Waals surface area contributed by atoms with Crippen LogP contribution >= 0.6 is 0 Å². The van der Waals surface area contributed by atoms with Gasteiger partial charge in [-0.25, -0.2) is 8.42 Å². The smallest absolute Gasteiger partial charge is 0.244 e. The van der Waals surface area contributed by atoms with E-state index in [-0.39, 0.29) is 0 Å². The van der Waals surface area contributed by atoms with Crippen molar-refractivity contribution in [1.29, 1.82) is 0 Å². The predicted molar refractivity (Wildman–Crippen MR) is 74.2 cm³/mol. The lowest BCUT2D eigenvalue weighted by molar-refractivity contribution is 0.347. The van der Waals surface area contributed by atoms with E-state index in [2.05, 4.69) is 4.90 Å². The fourth-order valence-electron chi connectivity index (χ4n) is 2.33. The molecule has 2 heterocycles. The van der Waals surface area contributed by atoms with Crippen molar-refractivity contribution in [3.63, 3.8) is 0 Å². The van der Waals surface area contributed by atoms with Crippen molar-refractivity contribution in [1.82, 2.24) is 13.8 Å². The maximum Gasteiger partial charge on any atom is 0.244 e. The SMILES string of the molecule is CN1CCCN(S(=O)(=O)c2cc(CN)n(C)c2)CC1.